The van der Waals surface area contributed by atoms with Gasteiger partial charge in [-0.3, -0.25) is 0 Å². The van der Waals surface area contributed by atoms with Crippen LogP contribution >= 0.6 is 0 Å². The van der Waals surface area contributed by atoms with Gasteiger partial charge in [0, 0.05) is 18.6 Å². The molecule has 0 aliphatic heterocycles. The van der Waals surface area contributed by atoms with E-state index in [-0.39, 0.29) is 6.61 Å². The fourth-order valence-corrected chi connectivity index (χ4v) is 3.73. The Balaban J connectivity index is 3.29. The minimum absolute atomic E-state index is 0.285. The van der Waals surface area contributed by atoms with E-state index >= 15 is 0 Å². The molecule has 0 aromatic rings. The highest BCUT2D eigenvalue weighted by Gasteiger charge is 2.01. The lowest BCUT2D eigenvalue weighted by atomic mass is 10.0. The summed E-state index contributed by atoms with van der Waals surface area (Å²) in [5.41, 5.74) is 0.954. The average Bonchev–Trinajstić information content (AvgIpc) is 2.79. The second-order valence-corrected chi connectivity index (χ2v) is 9.39. The molecule has 0 aliphatic rings. The quantitative estimate of drug-likeness (QED) is 0.0620. The summed E-state index contributed by atoms with van der Waals surface area (Å²) in [5.74, 6) is -1.01. The molecular weight excluding hydrogens is 412 g/mol. The Labute approximate surface area is 204 Å². The maximum atomic E-state index is 11.6. The summed E-state index contributed by atoms with van der Waals surface area (Å²) in [4.78, 5) is 23.0. The van der Waals surface area contributed by atoms with Crippen LogP contribution in [-0.4, -0.2) is 25.2 Å². The third kappa shape index (κ3) is 26.6. The lowest BCUT2D eigenvalue weighted by Gasteiger charge is -2.04. The number of hydrogen-bond acceptors (Lipinski definition) is 4. The third-order valence-corrected chi connectivity index (χ3v) is 5.87. The van der Waals surface area contributed by atoms with Crippen molar-refractivity contribution in [2.75, 3.05) is 13.2 Å². The van der Waals surface area contributed by atoms with Gasteiger partial charge in [0.1, 0.15) is 0 Å². The molecule has 33 heavy (non-hydrogen) atoms. The Bertz CT molecular complexity index is 510. The zero-order valence-electron chi connectivity index (χ0n) is 21.8. The van der Waals surface area contributed by atoms with Crippen LogP contribution in [0.2, 0.25) is 0 Å². The van der Waals surface area contributed by atoms with E-state index in [9.17, 15) is 9.59 Å². The highest BCUT2D eigenvalue weighted by atomic mass is 16.5. The van der Waals surface area contributed by atoms with E-state index in [1.54, 1.807) is 0 Å². The molecular formula is C29H52O4. The van der Waals surface area contributed by atoms with E-state index in [2.05, 4.69) is 13.5 Å². The van der Waals surface area contributed by atoms with Crippen molar-refractivity contribution in [3.63, 3.8) is 0 Å². The monoisotopic (exact) mass is 464 g/mol. The second-order valence-electron chi connectivity index (χ2n) is 9.39. The van der Waals surface area contributed by atoms with Crippen molar-refractivity contribution in [1.29, 1.82) is 0 Å². The summed E-state index contributed by atoms with van der Waals surface area (Å²) in [6, 6.07) is 0. The lowest BCUT2D eigenvalue weighted by Crippen LogP contribution is -2.06. The molecule has 4 nitrogen and oxygen atoms in total. The van der Waals surface area contributed by atoms with Gasteiger partial charge in [0.05, 0.1) is 13.2 Å². The van der Waals surface area contributed by atoms with E-state index < -0.39 is 11.9 Å². The molecule has 0 N–H and O–H groups in total. The van der Waals surface area contributed by atoms with Crippen LogP contribution < -0.4 is 0 Å². The van der Waals surface area contributed by atoms with Crippen LogP contribution in [0.15, 0.2) is 24.3 Å². The molecule has 0 aromatic heterocycles. The Morgan fingerprint density at radius 2 is 0.909 bits per heavy atom. The standard InChI is InChI=1S/C29H52O4/c1-4-5-6-7-8-9-10-11-12-13-14-15-16-17-18-19-20-21-25-32-28(30)22-23-29(31)33-26-24-27(2)3/h22-23H,2,4-21,24-26H2,1,3H3/b23-22+. The van der Waals surface area contributed by atoms with Gasteiger partial charge >= 0.3 is 11.9 Å². The van der Waals surface area contributed by atoms with Crippen LogP contribution in [0.4, 0.5) is 0 Å². The van der Waals surface area contributed by atoms with Crippen LogP contribution in [0.25, 0.3) is 0 Å². The Morgan fingerprint density at radius 3 is 1.27 bits per heavy atom. The average molecular weight is 465 g/mol. The molecule has 0 fully saturated rings. The number of rotatable bonds is 24. The Kier molecular flexibility index (Phi) is 23.9. The van der Waals surface area contributed by atoms with Gasteiger partial charge in [0.25, 0.3) is 0 Å². The molecule has 0 bridgehead atoms. The van der Waals surface area contributed by atoms with Crippen molar-refractivity contribution in [2.24, 2.45) is 0 Å². The van der Waals surface area contributed by atoms with E-state index in [1.165, 1.54) is 103 Å². The van der Waals surface area contributed by atoms with Crippen molar-refractivity contribution < 1.29 is 19.1 Å². The minimum atomic E-state index is -0.527. The Hall–Kier alpha value is -1.58. The summed E-state index contributed by atoms with van der Waals surface area (Å²) < 4.78 is 10.1. The van der Waals surface area contributed by atoms with E-state index in [0.29, 0.717) is 13.0 Å². The summed E-state index contributed by atoms with van der Waals surface area (Å²) in [7, 11) is 0. The number of carbonyl (C=O) groups excluding carboxylic acids is 2. The Morgan fingerprint density at radius 1 is 0.576 bits per heavy atom. The molecule has 0 unspecified atom stereocenters. The number of unbranched alkanes of at least 4 members (excludes halogenated alkanes) is 17. The molecule has 4 heteroatoms. The summed E-state index contributed by atoms with van der Waals surface area (Å²) >= 11 is 0. The number of carbonyl (C=O) groups is 2. The van der Waals surface area contributed by atoms with Crippen LogP contribution in [0.5, 0.6) is 0 Å². The minimum Gasteiger partial charge on any atom is -0.463 e. The van der Waals surface area contributed by atoms with Crippen molar-refractivity contribution in [1.82, 2.24) is 0 Å². The summed E-state index contributed by atoms with van der Waals surface area (Å²) in [6.07, 6.45) is 26.9. The summed E-state index contributed by atoms with van der Waals surface area (Å²) in [6.45, 7) is 8.59. The van der Waals surface area contributed by atoms with Crippen molar-refractivity contribution >= 4 is 11.9 Å². The molecule has 0 saturated heterocycles. The van der Waals surface area contributed by atoms with Crippen molar-refractivity contribution in [3.05, 3.63) is 24.3 Å². The van der Waals surface area contributed by atoms with Gasteiger partial charge in [-0.05, 0) is 13.3 Å². The van der Waals surface area contributed by atoms with E-state index in [4.69, 9.17) is 9.47 Å². The second kappa shape index (κ2) is 25.1. The largest absolute Gasteiger partial charge is 0.463 e. The first-order chi connectivity index (χ1) is 16.1. The van der Waals surface area contributed by atoms with Crippen molar-refractivity contribution in [3.8, 4) is 0 Å². The zero-order valence-corrected chi connectivity index (χ0v) is 21.8. The first-order valence-electron chi connectivity index (χ1n) is 13.7. The van der Waals surface area contributed by atoms with Gasteiger partial charge in [-0.2, -0.15) is 0 Å². The van der Waals surface area contributed by atoms with Gasteiger partial charge in [0.2, 0.25) is 0 Å². The molecule has 0 spiro atoms. The normalized spacial score (nSPS) is 11.1. The highest BCUT2D eigenvalue weighted by molar-refractivity contribution is 5.91. The predicted octanol–water partition coefficient (Wildman–Crippen LogP) is 8.64. The smallest absolute Gasteiger partial charge is 0.331 e. The van der Waals surface area contributed by atoms with Gasteiger partial charge in [0.15, 0.2) is 0 Å². The third-order valence-electron chi connectivity index (χ3n) is 5.87. The van der Waals surface area contributed by atoms with Crippen LogP contribution in [0.1, 0.15) is 136 Å². The molecule has 192 valence electrons. The molecule has 0 atom stereocenters. The lowest BCUT2D eigenvalue weighted by molar-refractivity contribution is -0.140. The molecule has 0 saturated carbocycles. The SMILES string of the molecule is C=C(C)CCOC(=O)/C=C/C(=O)OCCCCCCCCCCCCCCCCCCCC. The summed E-state index contributed by atoms with van der Waals surface area (Å²) in [5, 5.41) is 0. The number of ether oxygens (including phenoxy) is 2. The van der Waals surface area contributed by atoms with Crippen LogP contribution in [0, 0.1) is 0 Å². The number of hydrogen-bond donors (Lipinski definition) is 0. The zero-order chi connectivity index (χ0) is 24.4. The van der Waals surface area contributed by atoms with E-state index in [1.807, 2.05) is 6.92 Å². The van der Waals surface area contributed by atoms with Gasteiger partial charge < -0.3 is 9.47 Å². The topological polar surface area (TPSA) is 52.6 Å². The molecule has 0 heterocycles. The maximum absolute atomic E-state index is 11.6. The highest BCUT2D eigenvalue weighted by Crippen LogP contribution is 2.14. The fourth-order valence-electron chi connectivity index (χ4n) is 3.73. The van der Waals surface area contributed by atoms with Gasteiger partial charge in [-0.15, -0.1) is 6.58 Å². The molecule has 0 amide bonds. The van der Waals surface area contributed by atoms with Crippen molar-refractivity contribution in [2.45, 2.75) is 136 Å². The van der Waals surface area contributed by atoms with Crippen LogP contribution in [-0.2, 0) is 19.1 Å². The van der Waals surface area contributed by atoms with Crippen LogP contribution in [0.3, 0.4) is 0 Å². The van der Waals surface area contributed by atoms with Gasteiger partial charge in [-0.1, -0.05) is 122 Å². The maximum Gasteiger partial charge on any atom is 0.331 e. The first kappa shape index (κ1) is 31.4. The molecule has 0 aromatic carbocycles. The van der Waals surface area contributed by atoms with E-state index in [0.717, 1.165) is 30.6 Å². The van der Waals surface area contributed by atoms with Gasteiger partial charge in [-0.25, -0.2) is 9.59 Å². The molecule has 0 radical (unpaired) electrons. The molecule has 0 aliphatic carbocycles. The fraction of sp³-hybridized carbons (Fsp3) is 0.793. The first-order valence-corrected chi connectivity index (χ1v) is 13.7. The number of esters is 2. The predicted molar refractivity (Wildman–Crippen MR) is 139 cm³/mol. The molecule has 0 rings (SSSR count).